The Morgan fingerprint density at radius 2 is 2.21 bits per heavy atom. The van der Waals surface area contributed by atoms with Crippen LogP contribution in [-0.2, 0) is 7.05 Å². The van der Waals surface area contributed by atoms with Gasteiger partial charge in [0, 0.05) is 16.6 Å². The van der Waals surface area contributed by atoms with Crippen LogP contribution in [0.2, 0.25) is 0 Å². The monoisotopic (exact) mass is 340 g/mol. The molecule has 0 fully saturated rings. The number of aliphatic hydroxyl groups is 1. The summed E-state index contributed by atoms with van der Waals surface area (Å²) in [4.78, 5) is 0.768. The van der Waals surface area contributed by atoms with Gasteiger partial charge in [-0.25, -0.2) is 4.39 Å². The molecule has 1 unspecified atom stereocenters. The molecule has 19 heavy (non-hydrogen) atoms. The Balaban J connectivity index is 2.09. The van der Waals surface area contributed by atoms with Gasteiger partial charge in [0.15, 0.2) is 0 Å². The molecule has 6 heteroatoms. The van der Waals surface area contributed by atoms with Crippen LogP contribution in [-0.4, -0.2) is 14.9 Å². The van der Waals surface area contributed by atoms with E-state index in [0.717, 1.165) is 19.4 Å². The predicted octanol–water partition coefficient (Wildman–Crippen LogP) is 3.62. The van der Waals surface area contributed by atoms with Crippen molar-refractivity contribution in [3.05, 3.63) is 51.3 Å². The molecule has 3 nitrogen and oxygen atoms in total. The lowest BCUT2D eigenvalue weighted by atomic mass is 10.2. The van der Waals surface area contributed by atoms with E-state index in [9.17, 15) is 9.50 Å². The van der Waals surface area contributed by atoms with Gasteiger partial charge in [-0.1, -0.05) is 6.07 Å². The third-order valence-electron chi connectivity index (χ3n) is 2.97. The van der Waals surface area contributed by atoms with Gasteiger partial charge >= 0.3 is 0 Å². The topological polar surface area (TPSA) is 38.0 Å². The molecule has 3 aromatic rings. The maximum Gasteiger partial charge on any atom is 0.131 e. The van der Waals surface area contributed by atoms with Crippen molar-refractivity contribution in [2.45, 2.75) is 6.10 Å². The second kappa shape index (κ2) is 4.70. The second-order valence-electron chi connectivity index (χ2n) is 4.23. The highest BCUT2D eigenvalue weighted by atomic mass is 79.9. The average molecular weight is 341 g/mol. The first kappa shape index (κ1) is 12.8. The van der Waals surface area contributed by atoms with Crippen molar-refractivity contribution in [2.24, 2.45) is 7.05 Å². The first-order valence-corrected chi connectivity index (χ1v) is 7.21. The summed E-state index contributed by atoms with van der Waals surface area (Å²) in [6, 6.07) is 6.50. The van der Waals surface area contributed by atoms with Crippen LogP contribution >= 0.6 is 27.3 Å². The highest BCUT2D eigenvalue weighted by Crippen LogP contribution is 2.35. The molecule has 2 aromatic heterocycles. The number of rotatable bonds is 2. The normalized spacial score (nSPS) is 13.1. The summed E-state index contributed by atoms with van der Waals surface area (Å²) in [6.45, 7) is 0. The molecule has 2 heterocycles. The van der Waals surface area contributed by atoms with E-state index in [0.29, 0.717) is 5.69 Å². The van der Waals surface area contributed by atoms with Gasteiger partial charge in [0.25, 0.3) is 0 Å². The van der Waals surface area contributed by atoms with E-state index in [1.165, 1.54) is 23.5 Å². The lowest BCUT2D eigenvalue weighted by Crippen LogP contribution is -2.05. The van der Waals surface area contributed by atoms with E-state index in [1.54, 1.807) is 24.0 Å². The Hall–Kier alpha value is -1.24. The summed E-state index contributed by atoms with van der Waals surface area (Å²) < 4.78 is 16.4. The van der Waals surface area contributed by atoms with E-state index >= 15 is 0 Å². The number of nitrogens with zero attached hydrogens (tertiary/aromatic N) is 2. The Labute approximate surface area is 121 Å². The molecular formula is C13H10BrFN2OS. The van der Waals surface area contributed by atoms with Gasteiger partial charge in [-0.2, -0.15) is 5.10 Å². The summed E-state index contributed by atoms with van der Waals surface area (Å²) in [5.41, 5.74) is 0.687. The summed E-state index contributed by atoms with van der Waals surface area (Å²) >= 11 is 4.75. The van der Waals surface area contributed by atoms with Crippen LogP contribution in [0, 0.1) is 5.82 Å². The SMILES string of the molecule is Cn1ncc(Br)c1C(O)c1cc2ccc(F)cc2s1. The fourth-order valence-electron chi connectivity index (χ4n) is 2.02. The number of halogens is 2. The van der Waals surface area contributed by atoms with Gasteiger partial charge in [-0.3, -0.25) is 4.68 Å². The van der Waals surface area contributed by atoms with Crippen LogP contribution in [0.4, 0.5) is 4.39 Å². The molecule has 98 valence electrons. The van der Waals surface area contributed by atoms with Crippen LogP contribution < -0.4 is 0 Å². The van der Waals surface area contributed by atoms with E-state index in [1.807, 2.05) is 6.07 Å². The molecule has 0 aliphatic carbocycles. The summed E-state index contributed by atoms with van der Waals surface area (Å²) in [6.07, 6.45) is 0.869. The number of fused-ring (bicyclic) bond motifs is 1. The first-order chi connectivity index (χ1) is 9.06. The Morgan fingerprint density at radius 3 is 2.89 bits per heavy atom. The molecule has 1 aromatic carbocycles. The summed E-state index contributed by atoms with van der Waals surface area (Å²) in [5.74, 6) is -0.267. The van der Waals surface area contributed by atoms with Gasteiger partial charge < -0.3 is 5.11 Å². The standard InChI is InChI=1S/C13H10BrFN2OS/c1-17-12(9(14)6-16-17)13(18)11-4-7-2-3-8(15)5-10(7)19-11/h2-6,13,18H,1H3. The second-order valence-corrected chi connectivity index (χ2v) is 6.20. The van der Waals surface area contributed by atoms with Crippen molar-refractivity contribution < 1.29 is 9.50 Å². The van der Waals surface area contributed by atoms with Gasteiger partial charge in [0.05, 0.1) is 16.4 Å². The van der Waals surface area contributed by atoms with Gasteiger partial charge in [0.1, 0.15) is 11.9 Å². The Bertz CT molecular complexity index is 733. The van der Waals surface area contributed by atoms with Gasteiger partial charge in [0.2, 0.25) is 0 Å². The molecule has 0 aliphatic rings. The quantitative estimate of drug-likeness (QED) is 0.773. The van der Waals surface area contributed by atoms with E-state index in [2.05, 4.69) is 21.0 Å². The minimum absolute atomic E-state index is 0.267. The Morgan fingerprint density at radius 1 is 1.42 bits per heavy atom. The third kappa shape index (κ3) is 2.20. The van der Waals surface area contributed by atoms with Crippen molar-refractivity contribution in [3.63, 3.8) is 0 Å². The van der Waals surface area contributed by atoms with Crippen molar-refractivity contribution in [2.75, 3.05) is 0 Å². The van der Waals surface area contributed by atoms with Crippen molar-refractivity contribution in [1.82, 2.24) is 9.78 Å². The van der Waals surface area contributed by atoms with Crippen LogP contribution in [0.3, 0.4) is 0 Å². The van der Waals surface area contributed by atoms with Crippen LogP contribution in [0.1, 0.15) is 16.7 Å². The molecule has 1 atom stereocenters. The van der Waals surface area contributed by atoms with E-state index in [4.69, 9.17) is 0 Å². The Kier molecular flexibility index (Phi) is 3.16. The minimum atomic E-state index is -0.776. The smallest absolute Gasteiger partial charge is 0.131 e. The maximum absolute atomic E-state index is 13.2. The molecule has 0 saturated carbocycles. The zero-order valence-corrected chi connectivity index (χ0v) is 12.4. The van der Waals surface area contributed by atoms with Crippen LogP contribution in [0.25, 0.3) is 10.1 Å². The van der Waals surface area contributed by atoms with Gasteiger partial charge in [-0.05, 0) is 39.5 Å². The number of aryl methyl sites for hydroxylation is 1. The molecule has 3 rings (SSSR count). The fourth-order valence-corrected chi connectivity index (χ4v) is 3.67. The number of benzene rings is 1. The summed E-state index contributed by atoms with van der Waals surface area (Å²) in [7, 11) is 1.77. The average Bonchev–Trinajstić information content (AvgIpc) is 2.92. The minimum Gasteiger partial charge on any atom is -0.381 e. The van der Waals surface area contributed by atoms with E-state index in [-0.39, 0.29) is 5.82 Å². The first-order valence-electron chi connectivity index (χ1n) is 5.60. The van der Waals surface area contributed by atoms with Gasteiger partial charge in [-0.15, -0.1) is 11.3 Å². The molecule has 0 spiro atoms. The third-order valence-corrected chi connectivity index (χ3v) is 4.73. The molecular weight excluding hydrogens is 331 g/mol. The largest absolute Gasteiger partial charge is 0.381 e. The van der Waals surface area contributed by atoms with Crippen LogP contribution in [0.15, 0.2) is 34.9 Å². The molecule has 0 aliphatic heterocycles. The number of hydrogen-bond acceptors (Lipinski definition) is 3. The predicted molar refractivity (Wildman–Crippen MR) is 76.8 cm³/mol. The molecule has 1 N–H and O–H groups in total. The zero-order valence-electron chi connectivity index (χ0n) is 9.97. The highest BCUT2D eigenvalue weighted by molar-refractivity contribution is 9.10. The fraction of sp³-hybridized carbons (Fsp3) is 0.154. The van der Waals surface area contributed by atoms with Crippen molar-refractivity contribution >= 4 is 37.4 Å². The summed E-state index contributed by atoms with van der Waals surface area (Å²) in [5, 5.41) is 15.5. The van der Waals surface area contributed by atoms with Crippen molar-refractivity contribution in [1.29, 1.82) is 0 Å². The van der Waals surface area contributed by atoms with E-state index < -0.39 is 6.10 Å². The number of thiophene rings is 1. The molecule has 0 radical (unpaired) electrons. The number of hydrogen-bond donors (Lipinski definition) is 1. The van der Waals surface area contributed by atoms with Crippen molar-refractivity contribution in [3.8, 4) is 0 Å². The molecule has 0 saturated heterocycles. The zero-order chi connectivity index (χ0) is 13.6. The molecule has 0 amide bonds. The molecule has 0 bridgehead atoms. The number of aromatic nitrogens is 2. The maximum atomic E-state index is 13.2. The lowest BCUT2D eigenvalue weighted by Gasteiger charge is -2.09. The number of aliphatic hydroxyl groups excluding tert-OH is 1. The lowest BCUT2D eigenvalue weighted by molar-refractivity contribution is 0.213. The van der Waals surface area contributed by atoms with Crippen LogP contribution in [0.5, 0.6) is 0 Å². The highest BCUT2D eigenvalue weighted by Gasteiger charge is 2.20.